The number of rotatable bonds is 6. The normalized spacial score (nSPS) is 14.3. The number of carbonyl (C=O) groups excluding carboxylic acids is 1. The second kappa shape index (κ2) is 12.0. The molecule has 0 aliphatic carbocycles. The van der Waals surface area contributed by atoms with E-state index < -0.39 is 0 Å². The van der Waals surface area contributed by atoms with Crippen molar-refractivity contribution in [3.8, 4) is 0 Å². The van der Waals surface area contributed by atoms with Crippen molar-refractivity contribution in [3.05, 3.63) is 52.9 Å². The Morgan fingerprint density at radius 3 is 2.31 bits per heavy atom. The third-order valence-corrected chi connectivity index (χ3v) is 5.63. The Bertz CT molecular complexity index is 771. The number of anilines is 1. The van der Waals surface area contributed by atoms with Crippen molar-refractivity contribution in [2.75, 3.05) is 44.2 Å². The van der Waals surface area contributed by atoms with Crippen molar-refractivity contribution in [1.29, 1.82) is 0 Å². The number of nitrogens with one attached hydrogen (secondary N) is 2. The monoisotopic (exact) mass is 527 g/mol. The molecule has 0 saturated carbocycles. The predicted octanol–water partition coefficient (Wildman–Crippen LogP) is 3.40. The van der Waals surface area contributed by atoms with Gasteiger partial charge in [-0.05, 0) is 49.1 Å². The fourth-order valence-corrected chi connectivity index (χ4v) is 3.99. The maximum atomic E-state index is 11.9. The van der Waals surface area contributed by atoms with Gasteiger partial charge in [0.25, 0.3) is 5.91 Å². The van der Waals surface area contributed by atoms with Gasteiger partial charge in [-0.25, -0.2) is 4.99 Å². The minimum atomic E-state index is -0.0329. The summed E-state index contributed by atoms with van der Waals surface area (Å²) in [5.41, 5.74) is 1.78. The number of carbonyl (C=O) groups is 1. The van der Waals surface area contributed by atoms with Crippen LogP contribution in [0.15, 0.2) is 46.8 Å². The molecule has 1 aliphatic heterocycles. The van der Waals surface area contributed by atoms with E-state index in [-0.39, 0.29) is 29.9 Å². The Morgan fingerprint density at radius 2 is 1.72 bits per heavy atom. The van der Waals surface area contributed by atoms with Gasteiger partial charge in [-0.1, -0.05) is 12.1 Å². The number of thiophene rings is 1. The van der Waals surface area contributed by atoms with E-state index in [9.17, 15) is 4.79 Å². The van der Waals surface area contributed by atoms with Crippen LogP contribution in [0, 0.1) is 0 Å². The van der Waals surface area contributed by atoms with Crippen LogP contribution >= 0.6 is 35.3 Å². The lowest BCUT2D eigenvalue weighted by Crippen LogP contribution is -2.52. The molecule has 29 heavy (non-hydrogen) atoms. The van der Waals surface area contributed by atoms with Crippen LogP contribution in [0.1, 0.15) is 29.8 Å². The van der Waals surface area contributed by atoms with Gasteiger partial charge in [-0.15, -0.1) is 35.3 Å². The molecule has 158 valence electrons. The van der Waals surface area contributed by atoms with Crippen LogP contribution in [0.2, 0.25) is 0 Å². The summed E-state index contributed by atoms with van der Waals surface area (Å²) in [5.74, 6) is 0.927. The lowest BCUT2D eigenvalue weighted by molar-refractivity contribution is 0.0956. The molecule has 1 amide bonds. The SMILES string of the molecule is CCNC(=O)c1ccc(CN=C(NCC)N2CCN(c3cccs3)CC2)cc1.I. The van der Waals surface area contributed by atoms with Crippen molar-refractivity contribution >= 4 is 52.2 Å². The van der Waals surface area contributed by atoms with E-state index in [0.717, 1.165) is 44.2 Å². The predicted molar refractivity (Wildman–Crippen MR) is 133 cm³/mol. The van der Waals surface area contributed by atoms with Crippen LogP contribution in [0.4, 0.5) is 5.00 Å². The van der Waals surface area contributed by atoms with E-state index in [1.165, 1.54) is 5.00 Å². The van der Waals surface area contributed by atoms with Gasteiger partial charge in [-0.2, -0.15) is 0 Å². The van der Waals surface area contributed by atoms with Gasteiger partial charge < -0.3 is 20.4 Å². The maximum absolute atomic E-state index is 11.9. The molecule has 1 aromatic carbocycles. The van der Waals surface area contributed by atoms with Crippen LogP contribution in [0.25, 0.3) is 0 Å². The van der Waals surface area contributed by atoms with Gasteiger partial charge in [-0.3, -0.25) is 4.79 Å². The van der Waals surface area contributed by atoms with Crippen LogP contribution in [-0.4, -0.2) is 56.0 Å². The highest BCUT2D eigenvalue weighted by Crippen LogP contribution is 2.22. The van der Waals surface area contributed by atoms with Crippen molar-refractivity contribution in [2.24, 2.45) is 4.99 Å². The van der Waals surface area contributed by atoms with Crippen molar-refractivity contribution in [1.82, 2.24) is 15.5 Å². The molecule has 6 nitrogen and oxygen atoms in total. The first-order chi connectivity index (χ1) is 13.7. The molecule has 2 aromatic rings. The Kier molecular flexibility index (Phi) is 9.72. The van der Waals surface area contributed by atoms with E-state index in [2.05, 4.69) is 44.9 Å². The number of hydrogen-bond donors (Lipinski definition) is 2. The summed E-state index contributed by atoms with van der Waals surface area (Å²) < 4.78 is 0. The molecule has 1 saturated heterocycles. The largest absolute Gasteiger partial charge is 0.360 e. The first-order valence-electron chi connectivity index (χ1n) is 9.90. The average molecular weight is 527 g/mol. The van der Waals surface area contributed by atoms with Crippen LogP contribution < -0.4 is 15.5 Å². The Hall–Kier alpha value is -1.81. The molecule has 8 heteroatoms. The molecule has 0 unspecified atom stereocenters. The van der Waals surface area contributed by atoms with Crippen LogP contribution in [0.5, 0.6) is 0 Å². The van der Waals surface area contributed by atoms with E-state index in [1.807, 2.05) is 31.2 Å². The Morgan fingerprint density at radius 1 is 1.03 bits per heavy atom. The zero-order valence-electron chi connectivity index (χ0n) is 17.1. The fraction of sp³-hybridized carbons (Fsp3) is 0.429. The van der Waals surface area contributed by atoms with Gasteiger partial charge >= 0.3 is 0 Å². The van der Waals surface area contributed by atoms with E-state index in [0.29, 0.717) is 18.7 Å². The summed E-state index contributed by atoms with van der Waals surface area (Å²) in [6, 6.07) is 12.0. The second-order valence-corrected chi connectivity index (χ2v) is 7.58. The van der Waals surface area contributed by atoms with E-state index in [1.54, 1.807) is 11.3 Å². The molecule has 2 N–H and O–H groups in total. The zero-order chi connectivity index (χ0) is 19.8. The highest BCUT2D eigenvalue weighted by Gasteiger charge is 2.20. The average Bonchev–Trinajstić information content (AvgIpc) is 3.27. The highest BCUT2D eigenvalue weighted by molar-refractivity contribution is 14.0. The van der Waals surface area contributed by atoms with Gasteiger partial charge in [0.15, 0.2) is 5.96 Å². The zero-order valence-corrected chi connectivity index (χ0v) is 20.2. The number of halogens is 1. The van der Waals surface area contributed by atoms with Crippen molar-refractivity contribution in [2.45, 2.75) is 20.4 Å². The molecular weight excluding hydrogens is 497 g/mol. The molecule has 0 spiro atoms. The molecule has 0 radical (unpaired) electrons. The molecule has 1 aliphatic rings. The molecule has 2 heterocycles. The number of benzene rings is 1. The first kappa shape index (κ1) is 23.5. The van der Waals surface area contributed by atoms with Crippen molar-refractivity contribution < 1.29 is 4.79 Å². The summed E-state index contributed by atoms with van der Waals surface area (Å²) >= 11 is 1.80. The number of aliphatic imine (C=N–C) groups is 1. The quantitative estimate of drug-likeness (QED) is 0.344. The summed E-state index contributed by atoms with van der Waals surface area (Å²) in [6.07, 6.45) is 0. The lowest BCUT2D eigenvalue weighted by Gasteiger charge is -2.37. The summed E-state index contributed by atoms with van der Waals surface area (Å²) in [7, 11) is 0. The van der Waals surface area contributed by atoms with Gasteiger partial charge in [0.2, 0.25) is 0 Å². The van der Waals surface area contributed by atoms with Gasteiger partial charge in [0.1, 0.15) is 0 Å². The molecule has 3 rings (SSSR count). The van der Waals surface area contributed by atoms with Gasteiger partial charge in [0, 0.05) is 44.8 Å². The summed E-state index contributed by atoms with van der Waals surface area (Å²) in [5, 5.41) is 9.70. The van der Waals surface area contributed by atoms with Crippen LogP contribution in [0.3, 0.4) is 0 Å². The molecule has 0 bridgehead atoms. The minimum absolute atomic E-state index is 0. The number of piperazine rings is 1. The number of amides is 1. The smallest absolute Gasteiger partial charge is 0.251 e. The summed E-state index contributed by atoms with van der Waals surface area (Å²) in [6.45, 7) is 10.0. The molecule has 1 fully saturated rings. The maximum Gasteiger partial charge on any atom is 0.251 e. The minimum Gasteiger partial charge on any atom is -0.360 e. The highest BCUT2D eigenvalue weighted by atomic mass is 127. The Labute approximate surface area is 194 Å². The van der Waals surface area contributed by atoms with Crippen molar-refractivity contribution in [3.63, 3.8) is 0 Å². The number of hydrogen-bond acceptors (Lipinski definition) is 4. The molecule has 1 aromatic heterocycles. The Balaban J connectivity index is 0.00000300. The standard InChI is InChI=1S/C21H29N5OS.HI/c1-3-22-20(27)18-9-7-17(8-10-18)16-24-21(23-4-2)26-13-11-25(12-14-26)19-6-5-15-28-19;/h5-10,15H,3-4,11-14,16H2,1-2H3,(H,22,27)(H,23,24);1H. The topological polar surface area (TPSA) is 60.0 Å². The fourth-order valence-electron chi connectivity index (χ4n) is 3.20. The van der Waals surface area contributed by atoms with E-state index >= 15 is 0 Å². The first-order valence-corrected chi connectivity index (χ1v) is 10.8. The third kappa shape index (κ3) is 6.60. The molecule has 0 atom stereocenters. The number of nitrogens with zero attached hydrogens (tertiary/aromatic N) is 3. The molecular formula is C21H30IN5OS. The summed E-state index contributed by atoms with van der Waals surface area (Å²) in [4.78, 5) is 21.5. The third-order valence-electron chi connectivity index (χ3n) is 4.70. The second-order valence-electron chi connectivity index (χ2n) is 6.65. The van der Waals surface area contributed by atoms with Crippen LogP contribution in [-0.2, 0) is 6.54 Å². The lowest BCUT2D eigenvalue weighted by atomic mass is 10.1. The van der Waals surface area contributed by atoms with Gasteiger partial charge in [0.05, 0.1) is 11.5 Å². The number of guanidine groups is 1. The van der Waals surface area contributed by atoms with E-state index in [4.69, 9.17) is 4.99 Å².